The SMILES string of the molecule is CC(C)N1COC2(CC(C)(C)NC(C)(C)C2)C1=O. The van der Waals surface area contributed by atoms with Gasteiger partial charge in [-0.3, -0.25) is 4.79 Å². The topological polar surface area (TPSA) is 41.6 Å². The van der Waals surface area contributed by atoms with Crippen LogP contribution in [0.25, 0.3) is 0 Å². The van der Waals surface area contributed by atoms with E-state index in [1.807, 2.05) is 18.7 Å². The Morgan fingerprint density at radius 2 is 1.67 bits per heavy atom. The van der Waals surface area contributed by atoms with E-state index in [1.165, 1.54) is 0 Å². The van der Waals surface area contributed by atoms with Crippen LogP contribution >= 0.6 is 0 Å². The van der Waals surface area contributed by atoms with Crippen LogP contribution in [0.4, 0.5) is 0 Å². The van der Waals surface area contributed by atoms with Gasteiger partial charge in [0.2, 0.25) is 0 Å². The maximum atomic E-state index is 12.7. The molecule has 104 valence electrons. The van der Waals surface area contributed by atoms with Crippen LogP contribution in [-0.4, -0.2) is 40.3 Å². The first-order valence-corrected chi connectivity index (χ1v) is 6.81. The first-order valence-electron chi connectivity index (χ1n) is 6.81. The molecule has 2 saturated heterocycles. The summed E-state index contributed by atoms with van der Waals surface area (Å²) in [4.78, 5) is 14.5. The molecule has 0 aromatic heterocycles. The lowest BCUT2D eigenvalue weighted by molar-refractivity contribution is -0.145. The fourth-order valence-corrected chi connectivity index (χ4v) is 3.71. The molecule has 2 aliphatic rings. The van der Waals surface area contributed by atoms with Crippen LogP contribution in [-0.2, 0) is 9.53 Å². The maximum Gasteiger partial charge on any atom is 0.257 e. The largest absolute Gasteiger partial charge is 0.345 e. The third kappa shape index (κ3) is 2.28. The highest BCUT2D eigenvalue weighted by atomic mass is 16.5. The van der Waals surface area contributed by atoms with Gasteiger partial charge in [-0.1, -0.05) is 0 Å². The Balaban J connectivity index is 2.29. The third-order valence-corrected chi connectivity index (χ3v) is 3.89. The molecule has 0 unspecified atom stereocenters. The summed E-state index contributed by atoms with van der Waals surface area (Å²) in [5.74, 6) is 0.167. The number of carbonyl (C=O) groups excluding carboxylic acids is 1. The van der Waals surface area contributed by atoms with E-state index in [9.17, 15) is 4.79 Å². The molecule has 0 aliphatic carbocycles. The van der Waals surface area contributed by atoms with Gasteiger partial charge in [-0.2, -0.15) is 0 Å². The summed E-state index contributed by atoms with van der Waals surface area (Å²) in [6, 6.07) is 0.206. The first-order chi connectivity index (χ1) is 8.07. The summed E-state index contributed by atoms with van der Waals surface area (Å²) >= 11 is 0. The van der Waals surface area contributed by atoms with Crippen LogP contribution < -0.4 is 5.32 Å². The van der Waals surface area contributed by atoms with Gasteiger partial charge in [-0.15, -0.1) is 0 Å². The Hall–Kier alpha value is -0.610. The second kappa shape index (κ2) is 3.94. The number of ether oxygens (including phenoxy) is 1. The molecule has 1 spiro atoms. The van der Waals surface area contributed by atoms with Crippen molar-refractivity contribution in [3.05, 3.63) is 0 Å². The van der Waals surface area contributed by atoms with Crippen molar-refractivity contribution in [3.8, 4) is 0 Å². The summed E-state index contributed by atoms with van der Waals surface area (Å²) in [5.41, 5.74) is -0.780. The molecular formula is C14H26N2O2. The Labute approximate surface area is 110 Å². The number of hydrogen-bond donors (Lipinski definition) is 1. The van der Waals surface area contributed by atoms with E-state index < -0.39 is 5.60 Å². The van der Waals surface area contributed by atoms with Gasteiger partial charge < -0.3 is 15.0 Å². The smallest absolute Gasteiger partial charge is 0.257 e. The number of rotatable bonds is 1. The Bertz CT molecular complexity index is 345. The Morgan fingerprint density at radius 1 is 1.17 bits per heavy atom. The molecule has 0 aromatic rings. The summed E-state index contributed by atoms with van der Waals surface area (Å²) < 4.78 is 5.98. The van der Waals surface area contributed by atoms with Crippen molar-refractivity contribution in [2.45, 2.75) is 77.1 Å². The van der Waals surface area contributed by atoms with Gasteiger partial charge in [0.05, 0.1) is 0 Å². The number of nitrogens with one attached hydrogen (secondary N) is 1. The van der Waals surface area contributed by atoms with Gasteiger partial charge in [-0.05, 0) is 41.5 Å². The van der Waals surface area contributed by atoms with E-state index in [0.29, 0.717) is 6.73 Å². The highest BCUT2D eigenvalue weighted by molar-refractivity contribution is 5.87. The van der Waals surface area contributed by atoms with Crippen molar-refractivity contribution in [1.29, 1.82) is 0 Å². The second-order valence-corrected chi connectivity index (χ2v) is 7.38. The summed E-state index contributed by atoms with van der Waals surface area (Å²) in [6.45, 7) is 13.1. The van der Waals surface area contributed by atoms with Crippen molar-refractivity contribution in [1.82, 2.24) is 10.2 Å². The fraction of sp³-hybridized carbons (Fsp3) is 0.929. The summed E-state index contributed by atoms with van der Waals surface area (Å²) in [7, 11) is 0. The van der Waals surface area contributed by atoms with Crippen LogP contribution in [0.5, 0.6) is 0 Å². The normalized spacial score (nSPS) is 29.3. The lowest BCUT2D eigenvalue weighted by atomic mass is 9.72. The molecule has 4 nitrogen and oxygen atoms in total. The summed E-state index contributed by atoms with van der Waals surface area (Å²) in [5, 5.41) is 3.60. The number of nitrogens with zero attached hydrogens (tertiary/aromatic N) is 1. The standard InChI is InChI=1S/C14H26N2O2/c1-10(2)16-9-18-14(11(16)17)7-12(3,4)15-13(5,6)8-14/h10,15H,7-9H2,1-6H3. The second-order valence-electron chi connectivity index (χ2n) is 7.38. The monoisotopic (exact) mass is 254 g/mol. The molecule has 2 fully saturated rings. The van der Waals surface area contributed by atoms with Gasteiger partial charge in [0.25, 0.3) is 5.91 Å². The zero-order valence-corrected chi connectivity index (χ0v) is 12.5. The van der Waals surface area contributed by atoms with Crippen molar-refractivity contribution in [3.63, 3.8) is 0 Å². The molecule has 0 saturated carbocycles. The lowest BCUT2D eigenvalue weighted by Crippen LogP contribution is -2.65. The number of hydrogen-bond acceptors (Lipinski definition) is 3. The van der Waals surface area contributed by atoms with Gasteiger partial charge in [0.15, 0.2) is 5.60 Å². The molecular weight excluding hydrogens is 228 g/mol. The molecule has 0 atom stereocenters. The molecule has 2 heterocycles. The highest BCUT2D eigenvalue weighted by Crippen LogP contribution is 2.42. The van der Waals surface area contributed by atoms with Crippen LogP contribution in [0, 0.1) is 0 Å². The predicted octanol–water partition coefficient (Wildman–Crippen LogP) is 1.89. The van der Waals surface area contributed by atoms with E-state index in [2.05, 4.69) is 33.0 Å². The molecule has 1 amide bonds. The molecule has 1 N–H and O–H groups in total. The highest BCUT2D eigenvalue weighted by Gasteiger charge is 2.57. The molecule has 2 rings (SSSR count). The van der Waals surface area contributed by atoms with Crippen molar-refractivity contribution in [2.24, 2.45) is 0 Å². The van der Waals surface area contributed by atoms with Crippen molar-refractivity contribution in [2.75, 3.05) is 6.73 Å². The van der Waals surface area contributed by atoms with E-state index in [4.69, 9.17) is 4.74 Å². The quantitative estimate of drug-likeness (QED) is 0.777. The molecule has 18 heavy (non-hydrogen) atoms. The Morgan fingerprint density at radius 3 is 2.06 bits per heavy atom. The van der Waals surface area contributed by atoms with Gasteiger partial charge >= 0.3 is 0 Å². The van der Waals surface area contributed by atoms with Crippen molar-refractivity contribution >= 4 is 5.91 Å². The average molecular weight is 254 g/mol. The zero-order valence-electron chi connectivity index (χ0n) is 12.5. The molecule has 2 aliphatic heterocycles. The third-order valence-electron chi connectivity index (χ3n) is 3.89. The minimum atomic E-state index is -0.622. The van der Waals surface area contributed by atoms with Crippen LogP contribution in [0.2, 0.25) is 0 Å². The molecule has 0 bridgehead atoms. The van der Waals surface area contributed by atoms with E-state index in [0.717, 1.165) is 12.8 Å². The molecule has 0 radical (unpaired) electrons. The number of carbonyl (C=O) groups is 1. The fourth-order valence-electron chi connectivity index (χ4n) is 3.71. The number of amides is 1. The van der Waals surface area contributed by atoms with Crippen LogP contribution in [0.15, 0.2) is 0 Å². The van der Waals surface area contributed by atoms with E-state index in [1.54, 1.807) is 0 Å². The predicted molar refractivity (Wildman–Crippen MR) is 71.2 cm³/mol. The average Bonchev–Trinajstić information content (AvgIpc) is 2.38. The molecule has 0 aromatic carbocycles. The minimum absolute atomic E-state index is 0.0790. The molecule has 4 heteroatoms. The maximum absolute atomic E-state index is 12.7. The number of piperidine rings is 1. The summed E-state index contributed by atoms with van der Waals surface area (Å²) in [6.07, 6.45) is 1.48. The van der Waals surface area contributed by atoms with Crippen LogP contribution in [0.1, 0.15) is 54.4 Å². The van der Waals surface area contributed by atoms with Gasteiger partial charge in [0, 0.05) is 30.0 Å². The van der Waals surface area contributed by atoms with Crippen molar-refractivity contribution < 1.29 is 9.53 Å². The van der Waals surface area contributed by atoms with E-state index in [-0.39, 0.29) is 23.0 Å². The van der Waals surface area contributed by atoms with Crippen LogP contribution in [0.3, 0.4) is 0 Å². The van der Waals surface area contributed by atoms with Gasteiger partial charge in [0.1, 0.15) is 6.73 Å². The zero-order chi connectivity index (χ0) is 13.8. The Kier molecular flexibility index (Phi) is 3.02. The lowest BCUT2D eigenvalue weighted by Gasteiger charge is -2.49. The van der Waals surface area contributed by atoms with E-state index >= 15 is 0 Å². The van der Waals surface area contributed by atoms with Gasteiger partial charge in [-0.25, -0.2) is 0 Å². The first kappa shape index (κ1) is 13.8. The minimum Gasteiger partial charge on any atom is -0.345 e.